The summed E-state index contributed by atoms with van der Waals surface area (Å²) >= 11 is 0. The van der Waals surface area contributed by atoms with E-state index in [1.54, 1.807) is 5.32 Å². The number of alkyl halides is 3. The van der Waals surface area contributed by atoms with Crippen LogP contribution in [0.2, 0.25) is 0 Å². The molecule has 0 unspecified atom stereocenters. The van der Waals surface area contributed by atoms with Crippen molar-refractivity contribution in [2.75, 3.05) is 7.05 Å². The van der Waals surface area contributed by atoms with E-state index in [9.17, 15) is 22.8 Å². The second-order valence-electron chi connectivity index (χ2n) is 5.26. The lowest BCUT2D eigenvalue weighted by Gasteiger charge is -2.30. The highest BCUT2D eigenvalue weighted by atomic mass is 19.4. The molecule has 1 aromatic carbocycles. The average molecular weight is 317 g/mol. The number of hydrazine groups is 1. The van der Waals surface area contributed by atoms with Crippen LogP contribution in [0, 0.1) is 0 Å². The number of amides is 2. The molecule has 2 N–H and O–H groups in total. The Kier molecular flexibility index (Phi) is 5.54. The van der Waals surface area contributed by atoms with Crippen molar-refractivity contribution in [1.29, 1.82) is 0 Å². The molecule has 0 saturated heterocycles. The molecule has 2 amide bonds. The largest absolute Gasteiger partial charge is 0.471 e. The van der Waals surface area contributed by atoms with Crippen LogP contribution in [0.1, 0.15) is 19.4 Å². The summed E-state index contributed by atoms with van der Waals surface area (Å²) in [5, 5.41) is 2.74. The molecule has 0 aromatic heterocycles. The summed E-state index contributed by atoms with van der Waals surface area (Å²) < 4.78 is 36.8. The van der Waals surface area contributed by atoms with Crippen molar-refractivity contribution < 1.29 is 22.8 Å². The van der Waals surface area contributed by atoms with E-state index in [1.165, 1.54) is 20.9 Å². The first kappa shape index (κ1) is 18.0. The molecule has 0 aliphatic rings. The fourth-order valence-electron chi connectivity index (χ4n) is 1.70. The predicted molar refractivity (Wildman–Crippen MR) is 74.3 cm³/mol. The number of carbonyl (C=O) groups is 2. The first-order valence-corrected chi connectivity index (χ1v) is 6.49. The number of nitrogens with zero attached hydrogens (tertiary/aromatic N) is 1. The lowest BCUT2D eigenvalue weighted by atomic mass is 10.0. The zero-order valence-corrected chi connectivity index (χ0v) is 12.5. The average Bonchev–Trinajstić information content (AvgIpc) is 2.43. The normalized spacial score (nSPS) is 11.9. The highest BCUT2D eigenvalue weighted by Crippen LogP contribution is 2.17. The Morgan fingerprint density at radius 1 is 1.14 bits per heavy atom. The lowest BCUT2D eigenvalue weighted by Crippen LogP contribution is -2.59. The third-order valence-corrected chi connectivity index (χ3v) is 2.89. The molecule has 8 heteroatoms. The molecular weight excluding hydrogens is 299 g/mol. The zero-order valence-electron chi connectivity index (χ0n) is 12.5. The maximum Gasteiger partial charge on any atom is 0.471 e. The van der Waals surface area contributed by atoms with E-state index in [-0.39, 0.29) is 0 Å². The van der Waals surface area contributed by atoms with Crippen molar-refractivity contribution in [2.45, 2.75) is 32.1 Å². The van der Waals surface area contributed by atoms with Crippen molar-refractivity contribution in [3.05, 3.63) is 35.9 Å². The van der Waals surface area contributed by atoms with E-state index in [2.05, 4.69) is 5.43 Å². The van der Waals surface area contributed by atoms with Gasteiger partial charge in [-0.1, -0.05) is 30.3 Å². The van der Waals surface area contributed by atoms with Crippen LogP contribution in [0.3, 0.4) is 0 Å². The van der Waals surface area contributed by atoms with Gasteiger partial charge in [0.15, 0.2) is 0 Å². The van der Waals surface area contributed by atoms with Gasteiger partial charge in [0.25, 0.3) is 5.91 Å². The number of hydrogen-bond donors (Lipinski definition) is 2. The van der Waals surface area contributed by atoms with Gasteiger partial charge in [-0.3, -0.25) is 14.6 Å². The molecule has 1 rings (SSSR count). The molecule has 122 valence electrons. The number of carbonyl (C=O) groups excluding carboxylic acids is 2. The Balaban J connectivity index is 2.62. The van der Waals surface area contributed by atoms with Gasteiger partial charge in [0.1, 0.15) is 5.54 Å². The Morgan fingerprint density at radius 3 is 2.18 bits per heavy atom. The van der Waals surface area contributed by atoms with Crippen LogP contribution >= 0.6 is 0 Å². The third kappa shape index (κ3) is 5.03. The van der Waals surface area contributed by atoms with Crippen LogP contribution < -0.4 is 10.7 Å². The van der Waals surface area contributed by atoms with Gasteiger partial charge in [0, 0.05) is 13.6 Å². The summed E-state index contributed by atoms with van der Waals surface area (Å²) in [6.45, 7) is 2.74. The van der Waals surface area contributed by atoms with Gasteiger partial charge in [-0.2, -0.15) is 13.2 Å². The van der Waals surface area contributed by atoms with Crippen molar-refractivity contribution in [3.8, 4) is 0 Å². The molecule has 0 spiro atoms. The zero-order chi connectivity index (χ0) is 17.0. The van der Waals surface area contributed by atoms with Gasteiger partial charge >= 0.3 is 12.1 Å². The minimum absolute atomic E-state index is 0.326. The van der Waals surface area contributed by atoms with E-state index < -0.39 is 23.5 Å². The predicted octanol–water partition coefficient (Wildman–Crippen LogP) is 1.61. The quantitative estimate of drug-likeness (QED) is 0.811. The van der Waals surface area contributed by atoms with E-state index in [0.29, 0.717) is 6.54 Å². The summed E-state index contributed by atoms with van der Waals surface area (Å²) in [6, 6.07) is 9.16. The molecule has 5 nitrogen and oxygen atoms in total. The summed E-state index contributed by atoms with van der Waals surface area (Å²) in [6.07, 6.45) is -5.03. The third-order valence-electron chi connectivity index (χ3n) is 2.89. The van der Waals surface area contributed by atoms with Gasteiger partial charge in [0.2, 0.25) is 0 Å². The maximum absolute atomic E-state index is 12.3. The minimum Gasteiger partial charge on any atom is -0.334 e. The van der Waals surface area contributed by atoms with Crippen molar-refractivity contribution >= 4 is 11.8 Å². The summed E-state index contributed by atoms with van der Waals surface area (Å²) in [5.74, 6) is -2.84. The minimum atomic E-state index is -5.03. The monoisotopic (exact) mass is 317 g/mol. The molecule has 0 heterocycles. The first-order chi connectivity index (χ1) is 10.0. The van der Waals surface area contributed by atoms with E-state index in [1.807, 2.05) is 30.3 Å². The topological polar surface area (TPSA) is 61.4 Å². The highest BCUT2D eigenvalue weighted by Gasteiger charge is 2.44. The second-order valence-corrected chi connectivity index (χ2v) is 5.26. The number of benzene rings is 1. The molecule has 0 fully saturated rings. The fraction of sp³-hybridized carbons (Fsp3) is 0.429. The highest BCUT2D eigenvalue weighted by molar-refractivity contribution is 5.92. The number of rotatable bonds is 5. The number of nitrogens with one attached hydrogen (secondary N) is 2. The smallest absolute Gasteiger partial charge is 0.334 e. The molecular formula is C14H18F3N3O2. The van der Waals surface area contributed by atoms with Gasteiger partial charge in [-0.05, 0) is 19.4 Å². The van der Waals surface area contributed by atoms with Gasteiger partial charge in [-0.25, -0.2) is 5.43 Å². The maximum atomic E-state index is 12.3. The molecule has 22 heavy (non-hydrogen) atoms. The SMILES string of the molecule is CN(NCc1ccccc1)C(=O)C(C)(C)NC(=O)C(F)(F)F. The molecule has 0 saturated carbocycles. The van der Waals surface area contributed by atoms with Crippen LogP contribution in [0.4, 0.5) is 13.2 Å². The Labute approximate surface area is 126 Å². The molecule has 1 aromatic rings. The molecule has 0 aliphatic heterocycles. The number of likely N-dealkylation sites (N-methyl/N-ethyl adjacent to an activating group) is 1. The first-order valence-electron chi connectivity index (χ1n) is 6.49. The summed E-state index contributed by atoms with van der Waals surface area (Å²) in [7, 11) is 1.38. The Morgan fingerprint density at radius 2 is 1.68 bits per heavy atom. The van der Waals surface area contributed by atoms with Crippen LogP contribution in [0.15, 0.2) is 30.3 Å². The number of hydrogen-bond acceptors (Lipinski definition) is 3. The van der Waals surface area contributed by atoms with Gasteiger partial charge < -0.3 is 5.32 Å². The standard InChI is InChI=1S/C14H18F3N3O2/c1-13(2,19-11(21)14(15,16)17)12(22)20(3)18-9-10-7-5-4-6-8-10/h4-8,18H,9H2,1-3H3,(H,19,21). The van der Waals surface area contributed by atoms with Crippen LogP contribution in [0.5, 0.6) is 0 Å². The summed E-state index contributed by atoms with van der Waals surface area (Å²) in [4.78, 5) is 23.1. The van der Waals surface area contributed by atoms with E-state index in [4.69, 9.17) is 0 Å². The van der Waals surface area contributed by atoms with Crippen molar-refractivity contribution in [3.63, 3.8) is 0 Å². The Bertz CT molecular complexity index is 530. The second kappa shape index (κ2) is 6.78. The van der Waals surface area contributed by atoms with Gasteiger partial charge in [-0.15, -0.1) is 0 Å². The van der Waals surface area contributed by atoms with E-state index in [0.717, 1.165) is 10.6 Å². The molecule has 0 atom stereocenters. The lowest BCUT2D eigenvalue weighted by molar-refractivity contribution is -0.176. The summed E-state index contributed by atoms with van der Waals surface area (Å²) in [5.41, 5.74) is 1.98. The molecule has 0 bridgehead atoms. The Hall–Kier alpha value is -2.09. The van der Waals surface area contributed by atoms with Crippen LogP contribution in [-0.2, 0) is 16.1 Å². The van der Waals surface area contributed by atoms with Crippen LogP contribution in [-0.4, -0.2) is 35.6 Å². The van der Waals surface area contributed by atoms with Gasteiger partial charge in [0.05, 0.1) is 0 Å². The van der Waals surface area contributed by atoms with Crippen LogP contribution in [0.25, 0.3) is 0 Å². The fourth-order valence-corrected chi connectivity index (χ4v) is 1.70. The molecule has 0 aliphatic carbocycles. The van der Waals surface area contributed by atoms with E-state index >= 15 is 0 Å². The van der Waals surface area contributed by atoms with Crippen molar-refractivity contribution in [1.82, 2.24) is 15.8 Å². The molecule has 0 radical (unpaired) electrons. The number of halogens is 3. The van der Waals surface area contributed by atoms with Crippen molar-refractivity contribution in [2.24, 2.45) is 0 Å².